The number of ether oxygens (including phenoxy) is 3. The summed E-state index contributed by atoms with van der Waals surface area (Å²) >= 11 is 0. The van der Waals surface area contributed by atoms with Crippen LogP contribution in [0, 0.1) is 0 Å². The van der Waals surface area contributed by atoms with E-state index in [0.717, 1.165) is 38.5 Å². The molecular weight excluding hydrogens is 308 g/mol. The van der Waals surface area contributed by atoms with Gasteiger partial charge in [0.25, 0.3) is 0 Å². The number of rotatable bonds is 11. The van der Waals surface area contributed by atoms with Crippen LogP contribution in [-0.2, 0) is 9.59 Å². The fourth-order valence-corrected chi connectivity index (χ4v) is 2.21. The minimum atomic E-state index is -0.351. The zero-order valence-electron chi connectivity index (χ0n) is 14.9. The van der Waals surface area contributed by atoms with Crippen molar-refractivity contribution in [3.05, 3.63) is 18.2 Å². The topological polar surface area (TPSA) is 61.8 Å². The van der Waals surface area contributed by atoms with Crippen molar-refractivity contribution in [1.82, 2.24) is 0 Å². The lowest BCUT2D eigenvalue weighted by molar-refractivity contribution is -0.137. The van der Waals surface area contributed by atoms with E-state index < -0.39 is 0 Å². The molecule has 134 valence electrons. The highest BCUT2D eigenvalue weighted by Gasteiger charge is 2.18. The summed E-state index contributed by atoms with van der Waals surface area (Å²) < 4.78 is 16.0. The Labute approximate surface area is 144 Å². The standard InChI is InChI=1S/C19H28O5/c1-4-6-8-13-17(20)23-16-12-10-11-15(22-3)19(16)24-18(21)14-9-7-5-2/h10-12H,4-9,13-14H2,1-3H3. The lowest BCUT2D eigenvalue weighted by Crippen LogP contribution is -2.12. The van der Waals surface area contributed by atoms with Crippen LogP contribution in [0.15, 0.2) is 18.2 Å². The van der Waals surface area contributed by atoms with Crippen molar-refractivity contribution in [3.8, 4) is 17.2 Å². The van der Waals surface area contributed by atoms with E-state index >= 15 is 0 Å². The van der Waals surface area contributed by atoms with Gasteiger partial charge in [0.2, 0.25) is 5.75 Å². The van der Waals surface area contributed by atoms with Crippen LogP contribution in [0.5, 0.6) is 17.2 Å². The zero-order chi connectivity index (χ0) is 17.8. The Kier molecular flexibility index (Phi) is 9.58. The fraction of sp³-hybridized carbons (Fsp3) is 0.579. The number of para-hydroxylation sites is 1. The third-order valence-electron chi connectivity index (χ3n) is 3.57. The summed E-state index contributed by atoms with van der Waals surface area (Å²) in [6.45, 7) is 4.14. The van der Waals surface area contributed by atoms with E-state index in [2.05, 4.69) is 13.8 Å². The normalized spacial score (nSPS) is 10.3. The molecule has 0 fully saturated rings. The number of carbonyl (C=O) groups is 2. The summed E-state index contributed by atoms with van der Waals surface area (Å²) in [6.07, 6.45) is 6.25. The van der Waals surface area contributed by atoms with Gasteiger partial charge in [-0.25, -0.2) is 0 Å². The predicted octanol–water partition coefficient (Wildman–Crippen LogP) is 4.67. The molecule has 0 atom stereocenters. The summed E-state index contributed by atoms with van der Waals surface area (Å²) in [6, 6.07) is 4.97. The third kappa shape index (κ3) is 7.02. The van der Waals surface area contributed by atoms with Crippen LogP contribution in [0.4, 0.5) is 0 Å². The van der Waals surface area contributed by atoms with Crippen molar-refractivity contribution in [2.45, 2.75) is 65.2 Å². The molecule has 0 saturated carbocycles. The quantitative estimate of drug-likeness (QED) is 0.334. The molecule has 5 heteroatoms. The van der Waals surface area contributed by atoms with Gasteiger partial charge in [0.15, 0.2) is 11.5 Å². The molecule has 0 aliphatic rings. The van der Waals surface area contributed by atoms with Crippen LogP contribution in [-0.4, -0.2) is 19.0 Å². The molecule has 0 aliphatic heterocycles. The maximum atomic E-state index is 12.0. The van der Waals surface area contributed by atoms with E-state index in [9.17, 15) is 9.59 Å². The molecule has 0 aromatic heterocycles. The highest BCUT2D eigenvalue weighted by molar-refractivity contribution is 5.77. The second-order valence-electron chi connectivity index (χ2n) is 5.65. The van der Waals surface area contributed by atoms with Crippen molar-refractivity contribution in [1.29, 1.82) is 0 Å². The number of hydrogen-bond acceptors (Lipinski definition) is 5. The van der Waals surface area contributed by atoms with Gasteiger partial charge in [0, 0.05) is 12.8 Å². The first-order valence-electron chi connectivity index (χ1n) is 8.70. The lowest BCUT2D eigenvalue weighted by Gasteiger charge is -2.13. The monoisotopic (exact) mass is 336 g/mol. The molecule has 1 aromatic carbocycles. The van der Waals surface area contributed by atoms with Crippen molar-refractivity contribution in [2.75, 3.05) is 7.11 Å². The molecule has 1 rings (SSSR count). The van der Waals surface area contributed by atoms with Crippen molar-refractivity contribution in [3.63, 3.8) is 0 Å². The highest BCUT2D eigenvalue weighted by Crippen LogP contribution is 2.37. The Hall–Kier alpha value is -2.04. The number of unbranched alkanes of at least 4 members (excludes halogenated alkanes) is 4. The van der Waals surface area contributed by atoms with E-state index in [1.54, 1.807) is 18.2 Å². The van der Waals surface area contributed by atoms with Crippen LogP contribution < -0.4 is 14.2 Å². The van der Waals surface area contributed by atoms with E-state index in [-0.39, 0.29) is 23.4 Å². The molecule has 0 amide bonds. The van der Waals surface area contributed by atoms with E-state index in [1.807, 2.05) is 0 Å². The van der Waals surface area contributed by atoms with Gasteiger partial charge >= 0.3 is 11.9 Å². The Morgan fingerprint density at radius 2 is 1.38 bits per heavy atom. The average molecular weight is 336 g/mol. The second kappa shape index (κ2) is 11.5. The van der Waals surface area contributed by atoms with Crippen LogP contribution in [0.3, 0.4) is 0 Å². The predicted molar refractivity (Wildman–Crippen MR) is 92.5 cm³/mol. The maximum absolute atomic E-state index is 12.0. The smallest absolute Gasteiger partial charge is 0.311 e. The van der Waals surface area contributed by atoms with Gasteiger partial charge in [-0.3, -0.25) is 9.59 Å². The molecule has 24 heavy (non-hydrogen) atoms. The van der Waals surface area contributed by atoms with Crippen LogP contribution in [0.25, 0.3) is 0 Å². The molecule has 5 nitrogen and oxygen atoms in total. The minimum Gasteiger partial charge on any atom is -0.493 e. The molecular formula is C19H28O5. The van der Waals surface area contributed by atoms with Crippen LogP contribution in [0.2, 0.25) is 0 Å². The number of hydrogen-bond donors (Lipinski definition) is 0. The van der Waals surface area contributed by atoms with Crippen LogP contribution >= 0.6 is 0 Å². The van der Waals surface area contributed by atoms with E-state index in [0.29, 0.717) is 18.6 Å². The maximum Gasteiger partial charge on any atom is 0.311 e. The van der Waals surface area contributed by atoms with Crippen molar-refractivity contribution >= 4 is 11.9 Å². The first-order valence-corrected chi connectivity index (χ1v) is 8.70. The zero-order valence-corrected chi connectivity index (χ0v) is 14.9. The highest BCUT2D eigenvalue weighted by atomic mass is 16.6. The molecule has 0 spiro atoms. The molecule has 0 radical (unpaired) electrons. The summed E-state index contributed by atoms with van der Waals surface area (Å²) in [5, 5.41) is 0. The van der Waals surface area contributed by atoms with Gasteiger partial charge in [-0.05, 0) is 25.0 Å². The Bertz CT molecular complexity index is 524. The molecule has 0 unspecified atom stereocenters. The van der Waals surface area contributed by atoms with Gasteiger partial charge in [-0.15, -0.1) is 0 Å². The lowest BCUT2D eigenvalue weighted by atomic mass is 10.2. The first-order chi connectivity index (χ1) is 11.6. The molecule has 0 aliphatic carbocycles. The minimum absolute atomic E-state index is 0.172. The van der Waals surface area contributed by atoms with E-state index in [1.165, 1.54) is 7.11 Å². The number of carbonyl (C=O) groups excluding carboxylic acids is 2. The van der Waals surface area contributed by atoms with Gasteiger partial charge in [0.1, 0.15) is 0 Å². The van der Waals surface area contributed by atoms with Gasteiger partial charge in [-0.2, -0.15) is 0 Å². The summed E-state index contributed by atoms with van der Waals surface area (Å²) in [5.74, 6) is 0.0824. The summed E-state index contributed by atoms with van der Waals surface area (Å²) in [7, 11) is 1.48. The molecule has 1 aromatic rings. The molecule has 0 N–H and O–H groups in total. The number of esters is 2. The van der Waals surface area contributed by atoms with Gasteiger partial charge in [-0.1, -0.05) is 45.6 Å². The molecule has 0 bridgehead atoms. The Morgan fingerprint density at radius 3 is 1.92 bits per heavy atom. The van der Waals surface area contributed by atoms with Crippen LogP contribution in [0.1, 0.15) is 65.2 Å². The summed E-state index contributed by atoms with van der Waals surface area (Å²) in [5.41, 5.74) is 0. The Morgan fingerprint density at radius 1 is 0.833 bits per heavy atom. The van der Waals surface area contributed by atoms with Gasteiger partial charge in [0.05, 0.1) is 7.11 Å². The second-order valence-corrected chi connectivity index (χ2v) is 5.65. The third-order valence-corrected chi connectivity index (χ3v) is 3.57. The largest absolute Gasteiger partial charge is 0.493 e. The Balaban J connectivity index is 2.77. The first kappa shape index (κ1) is 20.0. The van der Waals surface area contributed by atoms with Crippen molar-refractivity contribution < 1.29 is 23.8 Å². The SMILES string of the molecule is CCCCCC(=O)Oc1cccc(OC)c1OC(=O)CCCCC. The van der Waals surface area contributed by atoms with Gasteiger partial charge < -0.3 is 14.2 Å². The fourth-order valence-electron chi connectivity index (χ4n) is 2.21. The van der Waals surface area contributed by atoms with E-state index in [4.69, 9.17) is 14.2 Å². The number of benzene rings is 1. The average Bonchev–Trinajstić information content (AvgIpc) is 2.57. The molecule has 0 heterocycles. The van der Waals surface area contributed by atoms with Crippen molar-refractivity contribution in [2.24, 2.45) is 0 Å². The molecule has 0 saturated heterocycles. The summed E-state index contributed by atoms with van der Waals surface area (Å²) in [4.78, 5) is 23.9. The number of methoxy groups -OCH3 is 1.